The Morgan fingerprint density at radius 3 is 2.23 bits per heavy atom. The maximum absolute atomic E-state index is 13.0. The van der Waals surface area contributed by atoms with Crippen molar-refractivity contribution in [2.75, 3.05) is 11.5 Å². The highest BCUT2D eigenvalue weighted by molar-refractivity contribution is 9.10. The number of benzene rings is 2. The van der Waals surface area contributed by atoms with Crippen molar-refractivity contribution in [2.24, 2.45) is 23.7 Å². The SMILES string of the molecule is O=C(COC(=O)c1cccc(N2C(=O)[C@@H]3[C@H]4CC[C@@H](C4)[C@H]3C2=O)c1)c1ccc(Br)cc1. The lowest BCUT2D eigenvalue weighted by atomic mass is 9.81. The molecule has 31 heavy (non-hydrogen) atoms. The van der Waals surface area contributed by atoms with E-state index >= 15 is 0 Å². The molecule has 3 fully saturated rings. The molecule has 0 aromatic heterocycles. The van der Waals surface area contributed by atoms with Gasteiger partial charge in [0, 0.05) is 10.0 Å². The second-order valence-electron chi connectivity index (χ2n) is 8.45. The van der Waals surface area contributed by atoms with E-state index in [0.29, 0.717) is 23.1 Å². The summed E-state index contributed by atoms with van der Waals surface area (Å²) in [5.74, 6) is -1.13. The minimum atomic E-state index is -0.674. The summed E-state index contributed by atoms with van der Waals surface area (Å²) < 4.78 is 6.02. The molecule has 2 aliphatic carbocycles. The van der Waals surface area contributed by atoms with E-state index in [4.69, 9.17) is 4.74 Å². The van der Waals surface area contributed by atoms with Crippen LogP contribution < -0.4 is 4.90 Å². The van der Waals surface area contributed by atoms with Crippen LogP contribution in [0.3, 0.4) is 0 Å². The normalized spacial score (nSPS) is 26.3. The van der Waals surface area contributed by atoms with Crippen molar-refractivity contribution >= 4 is 45.2 Å². The van der Waals surface area contributed by atoms with Crippen LogP contribution in [0, 0.1) is 23.7 Å². The van der Waals surface area contributed by atoms with Gasteiger partial charge in [0.15, 0.2) is 12.4 Å². The summed E-state index contributed by atoms with van der Waals surface area (Å²) in [6.07, 6.45) is 2.99. The van der Waals surface area contributed by atoms with Crippen LogP contribution in [0.1, 0.15) is 40.0 Å². The number of nitrogens with zero attached hydrogens (tertiary/aromatic N) is 1. The third kappa shape index (κ3) is 3.41. The molecule has 2 amide bonds. The first kappa shape index (κ1) is 20.1. The Kier molecular flexibility index (Phi) is 5.01. The van der Waals surface area contributed by atoms with E-state index in [-0.39, 0.29) is 41.6 Å². The molecule has 0 N–H and O–H groups in total. The standard InChI is InChI=1S/C24H20BrNO5/c25-17-8-6-13(7-9-17)19(27)12-31-24(30)16-2-1-3-18(11-16)26-22(28)20-14-4-5-15(10-14)21(20)23(26)29/h1-3,6-9,11,14-15,20-21H,4-5,10,12H2/t14-,15-,20+,21+/m0/s1. The summed E-state index contributed by atoms with van der Waals surface area (Å²) in [5.41, 5.74) is 1.03. The number of esters is 1. The summed E-state index contributed by atoms with van der Waals surface area (Å²) in [4.78, 5) is 52.0. The predicted octanol–water partition coefficient (Wildman–Crippen LogP) is 4.02. The van der Waals surface area contributed by atoms with Crippen LogP contribution >= 0.6 is 15.9 Å². The van der Waals surface area contributed by atoms with Crippen molar-refractivity contribution in [3.8, 4) is 0 Å². The Morgan fingerprint density at radius 1 is 0.935 bits per heavy atom. The van der Waals surface area contributed by atoms with Gasteiger partial charge in [0.05, 0.1) is 23.1 Å². The second kappa shape index (κ2) is 7.71. The fraction of sp³-hybridized carbons (Fsp3) is 0.333. The number of ketones is 1. The van der Waals surface area contributed by atoms with Crippen molar-refractivity contribution < 1.29 is 23.9 Å². The van der Waals surface area contributed by atoms with Gasteiger partial charge in [-0.05, 0) is 61.4 Å². The number of carbonyl (C=O) groups excluding carboxylic acids is 4. The summed E-state index contributed by atoms with van der Waals surface area (Å²) in [7, 11) is 0. The summed E-state index contributed by atoms with van der Waals surface area (Å²) in [5, 5.41) is 0. The molecule has 0 unspecified atom stereocenters. The van der Waals surface area contributed by atoms with E-state index in [0.717, 1.165) is 23.7 Å². The van der Waals surface area contributed by atoms with Crippen LogP contribution in [0.15, 0.2) is 53.0 Å². The molecular weight excluding hydrogens is 462 g/mol. The average molecular weight is 482 g/mol. The molecule has 0 spiro atoms. The summed E-state index contributed by atoms with van der Waals surface area (Å²) >= 11 is 3.31. The molecule has 158 valence electrons. The number of amides is 2. The maximum atomic E-state index is 13.0. The number of fused-ring (bicyclic) bond motifs is 5. The number of ether oxygens (including phenoxy) is 1. The fourth-order valence-electron chi connectivity index (χ4n) is 5.37. The predicted molar refractivity (Wildman–Crippen MR) is 116 cm³/mol. The van der Waals surface area contributed by atoms with Gasteiger partial charge in [-0.1, -0.05) is 34.1 Å². The highest BCUT2D eigenvalue weighted by Crippen LogP contribution is 2.56. The Hall–Kier alpha value is -2.80. The van der Waals surface area contributed by atoms with E-state index in [2.05, 4.69) is 15.9 Å². The van der Waals surface area contributed by atoms with Gasteiger partial charge in [-0.2, -0.15) is 0 Å². The number of rotatable bonds is 5. The van der Waals surface area contributed by atoms with Gasteiger partial charge in [-0.15, -0.1) is 0 Å². The zero-order valence-corrected chi connectivity index (χ0v) is 18.2. The molecule has 1 aliphatic heterocycles. The van der Waals surface area contributed by atoms with Crippen LogP contribution in [-0.2, 0) is 14.3 Å². The van der Waals surface area contributed by atoms with Crippen molar-refractivity contribution in [1.29, 1.82) is 0 Å². The van der Waals surface area contributed by atoms with E-state index in [1.165, 1.54) is 11.0 Å². The number of anilines is 1. The number of imide groups is 1. The molecule has 2 saturated carbocycles. The lowest BCUT2D eigenvalue weighted by molar-refractivity contribution is -0.123. The highest BCUT2D eigenvalue weighted by atomic mass is 79.9. The molecule has 2 aromatic carbocycles. The average Bonchev–Trinajstić information content (AvgIpc) is 3.46. The second-order valence-corrected chi connectivity index (χ2v) is 9.37. The van der Waals surface area contributed by atoms with Crippen molar-refractivity contribution in [3.05, 3.63) is 64.1 Å². The first-order chi connectivity index (χ1) is 14.9. The quantitative estimate of drug-likeness (QED) is 0.365. The molecule has 2 bridgehead atoms. The van der Waals surface area contributed by atoms with Gasteiger partial charge in [-0.25, -0.2) is 4.79 Å². The highest BCUT2D eigenvalue weighted by Gasteiger charge is 2.61. The number of halogens is 1. The third-order valence-corrected chi connectivity index (χ3v) is 7.30. The van der Waals surface area contributed by atoms with E-state index in [1.807, 2.05) is 0 Å². The van der Waals surface area contributed by atoms with Crippen LogP contribution in [0.2, 0.25) is 0 Å². The molecule has 3 aliphatic rings. The molecule has 4 atom stereocenters. The summed E-state index contributed by atoms with van der Waals surface area (Å²) in [6, 6.07) is 13.1. The van der Waals surface area contributed by atoms with E-state index < -0.39 is 5.97 Å². The molecular formula is C24H20BrNO5. The van der Waals surface area contributed by atoms with Gasteiger partial charge >= 0.3 is 5.97 Å². The zero-order valence-electron chi connectivity index (χ0n) is 16.6. The molecule has 2 aromatic rings. The number of hydrogen-bond acceptors (Lipinski definition) is 5. The minimum Gasteiger partial charge on any atom is -0.454 e. The minimum absolute atomic E-state index is 0.155. The maximum Gasteiger partial charge on any atom is 0.338 e. The van der Waals surface area contributed by atoms with Gasteiger partial charge in [0.2, 0.25) is 11.8 Å². The van der Waals surface area contributed by atoms with Crippen molar-refractivity contribution in [1.82, 2.24) is 0 Å². The topological polar surface area (TPSA) is 80.8 Å². The lowest BCUT2D eigenvalue weighted by Gasteiger charge is -2.19. The van der Waals surface area contributed by atoms with Gasteiger partial charge < -0.3 is 4.74 Å². The summed E-state index contributed by atoms with van der Waals surface area (Å²) in [6.45, 7) is -0.389. The Balaban J connectivity index is 1.29. The van der Waals surface area contributed by atoms with E-state index in [9.17, 15) is 19.2 Å². The number of Topliss-reactive ketones (excluding diaryl/α,β-unsaturated/α-hetero) is 1. The molecule has 1 heterocycles. The monoisotopic (exact) mass is 481 g/mol. The van der Waals surface area contributed by atoms with Crippen LogP contribution in [0.25, 0.3) is 0 Å². The van der Waals surface area contributed by atoms with Crippen LogP contribution in [0.4, 0.5) is 5.69 Å². The Labute approximate surface area is 187 Å². The van der Waals surface area contributed by atoms with E-state index in [1.54, 1.807) is 42.5 Å². The smallest absolute Gasteiger partial charge is 0.338 e. The Morgan fingerprint density at radius 2 is 1.58 bits per heavy atom. The molecule has 0 radical (unpaired) electrons. The fourth-order valence-corrected chi connectivity index (χ4v) is 5.63. The molecule has 5 rings (SSSR count). The first-order valence-corrected chi connectivity index (χ1v) is 11.2. The zero-order chi connectivity index (χ0) is 21.7. The molecule has 7 heteroatoms. The van der Waals surface area contributed by atoms with Crippen LogP contribution in [-0.4, -0.2) is 30.2 Å². The number of carbonyl (C=O) groups is 4. The first-order valence-electron chi connectivity index (χ1n) is 10.4. The van der Waals surface area contributed by atoms with Gasteiger partial charge in [0.25, 0.3) is 0 Å². The molecule has 1 saturated heterocycles. The van der Waals surface area contributed by atoms with Gasteiger partial charge in [0.1, 0.15) is 0 Å². The lowest BCUT2D eigenvalue weighted by Crippen LogP contribution is -2.32. The molecule has 6 nitrogen and oxygen atoms in total. The number of hydrogen-bond donors (Lipinski definition) is 0. The van der Waals surface area contributed by atoms with Crippen molar-refractivity contribution in [2.45, 2.75) is 19.3 Å². The van der Waals surface area contributed by atoms with Crippen molar-refractivity contribution in [3.63, 3.8) is 0 Å². The van der Waals surface area contributed by atoms with Gasteiger partial charge in [-0.3, -0.25) is 19.3 Å². The van der Waals surface area contributed by atoms with Crippen LogP contribution in [0.5, 0.6) is 0 Å². The third-order valence-electron chi connectivity index (χ3n) is 6.77. The Bertz CT molecular complexity index is 1070. The largest absolute Gasteiger partial charge is 0.454 e.